The molecule has 2 heterocycles. The van der Waals surface area contributed by atoms with Crippen LogP contribution in [0.15, 0.2) is 66.9 Å². The topological polar surface area (TPSA) is 63.7 Å². The van der Waals surface area contributed by atoms with E-state index in [1.165, 1.54) is 12.1 Å². The second kappa shape index (κ2) is 11.9. The van der Waals surface area contributed by atoms with Crippen molar-refractivity contribution < 1.29 is 18.7 Å². The number of para-hydroxylation sites is 2. The number of nitrogens with one attached hydrogen (secondary N) is 1. The number of ether oxygens (including phenoxy) is 2. The van der Waals surface area contributed by atoms with E-state index < -0.39 is 5.41 Å². The standard InChI is InChI=1S/C31H38FN3O3/c1-30(2)15-9-17-35(20-28(36)34-21-31(3,4)24-11-7-12-25(32)18-24)19-23-10-8-16-33-29(23)38-27-14-6-5-13-26(27)37-22-30/h5-8,10-14,16,18H,9,15,17,19-22H2,1-4H3,(H,34,36). The molecule has 0 bridgehead atoms. The lowest BCUT2D eigenvalue weighted by Crippen LogP contribution is -2.42. The van der Waals surface area contributed by atoms with Gasteiger partial charge in [0.2, 0.25) is 11.8 Å². The molecule has 0 fully saturated rings. The predicted octanol–water partition coefficient (Wildman–Crippen LogP) is 6.11. The Balaban J connectivity index is 1.50. The van der Waals surface area contributed by atoms with E-state index in [9.17, 15) is 9.18 Å². The minimum Gasteiger partial charge on any atom is -0.489 e. The fourth-order valence-corrected chi connectivity index (χ4v) is 4.57. The van der Waals surface area contributed by atoms with E-state index in [2.05, 4.69) is 29.0 Å². The normalized spacial score (nSPS) is 16.3. The number of carbonyl (C=O) groups is 1. The summed E-state index contributed by atoms with van der Waals surface area (Å²) in [4.78, 5) is 19.7. The first-order valence-electron chi connectivity index (χ1n) is 13.2. The molecule has 38 heavy (non-hydrogen) atoms. The number of rotatable bonds is 5. The van der Waals surface area contributed by atoms with Gasteiger partial charge in [-0.2, -0.15) is 0 Å². The first kappa shape index (κ1) is 27.6. The molecule has 7 heteroatoms. The van der Waals surface area contributed by atoms with Crippen molar-refractivity contribution >= 4 is 5.91 Å². The maximum Gasteiger partial charge on any atom is 0.234 e. The summed E-state index contributed by atoms with van der Waals surface area (Å²) < 4.78 is 26.2. The van der Waals surface area contributed by atoms with E-state index in [1.54, 1.807) is 12.3 Å². The maximum absolute atomic E-state index is 13.8. The SMILES string of the molecule is CC1(C)CCCN(CC(=O)NCC(C)(C)c2cccc(F)c2)Cc2cccnc2Oc2ccccc2OC1. The van der Waals surface area contributed by atoms with Crippen LogP contribution in [0.4, 0.5) is 4.39 Å². The van der Waals surface area contributed by atoms with Gasteiger partial charge in [0.1, 0.15) is 5.82 Å². The van der Waals surface area contributed by atoms with Crippen molar-refractivity contribution in [3.8, 4) is 17.4 Å². The number of benzene rings is 2. The highest BCUT2D eigenvalue weighted by molar-refractivity contribution is 5.78. The highest BCUT2D eigenvalue weighted by Crippen LogP contribution is 2.34. The molecule has 1 amide bonds. The van der Waals surface area contributed by atoms with Gasteiger partial charge in [-0.15, -0.1) is 0 Å². The van der Waals surface area contributed by atoms with Crippen LogP contribution in [0.2, 0.25) is 0 Å². The number of amides is 1. The smallest absolute Gasteiger partial charge is 0.234 e. The number of fused-ring (bicyclic) bond motifs is 2. The summed E-state index contributed by atoms with van der Waals surface area (Å²) in [6, 6.07) is 18.0. The summed E-state index contributed by atoms with van der Waals surface area (Å²) in [5.74, 6) is 1.46. The van der Waals surface area contributed by atoms with E-state index in [0.29, 0.717) is 37.1 Å². The van der Waals surface area contributed by atoms with E-state index in [4.69, 9.17) is 9.47 Å². The minimum absolute atomic E-state index is 0.0465. The van der Waals surface area contributed by atoms with Crippen molar-refractivity contribution in [1.82, 2.24) is 15.2 Å². The molecular formula is C31H38FN3O3. The van der Waals surface area contributed by atoms with Gasteiger partial charge in [0.15, 0.2) is 11.5 Å². The van der Waals surface area contributed by atoms with Gasteiger partial charge in [0.05, 0.1) is 13.2 Å². The number of nitrogens with zero attached hydrogens (tertiary/aromatic N) is 2. The molecule has 202 valence electrons. The fourth-order valence-electron chi connectivity index (χ4n) is 4.57. The van der Waals surface area contributed by atoms with Crippen LogP contribution >= 0.6 is 0 Å². The number of pyridine rings is 1. The minimum atomic E-state index is -0.403. The van der Waals surface area contributed by atoms with Crippen LogP contribution < -0.4 is 14.8 Å². The Morgan fingerprint density at radius 3 is 2.68 bits per heavy atom. The van der Waals surface area contributed by atoms with E-state index in [-0.39, 0.29) is 23.7 Å². The quantitative estimate of drug-likeness (QED) is 0.441. The highest BCUT2D eigenvalue weighted by atomic mass is 19.1. The predicted molar refractivity (Wildman–Crippen MR) is 147 cm³/mol. The zero-order valence-corrected chi connectivity index (χ0v) is 22.8. The van der Waals surface area contributed by atoms with Gasteiger partial charge < -0.3 is 14.8 Å². The van der Waals surface area contributed by atoms with Crippen LogP contribution in [0, 0.1) is 11.2 Å². The molecule has 6 nitrogen and oxygen atoms in total. The molecule has 4 rings (SSSR count). The molecule has 1 N–H and O–H groups in total. The molecule has 0 aliphatic carbocycles. The summed E-state index contributed by atoms with van der Waals surface area (Å²) >= 11 is 0. The Kier molecular flexibility index (Phi) is 8.67. The van der Waals surface area contributed by atoms with E-state index in [1.807, 2.05) is 56.3 Å². The molecule has 2 aromatic carbocycles. The Morgan fingerprint density at radius 1 is 1.11 bits per heavy atom. The van der Waals surface area contributed by atoms with Gasteiger partial charge in [-0.05, 0) is 60.7 Å². The third-order valence-electron chi connectivity index (χ3n) is 6.95. The van der Waals surface area contributed by atoms with Gasteiger partial charge in [-0.3, -0.25) is 9.69 Å². The molecule has 1 aromatic heterocycles. The van der Waals surface area contributed by atoms with Gasteiger partial charge in [-0.25, -0.2) is 9.37 Å². The molecule has 0 atom stereocenters. The summed E-state index contributed by atoms with van der Waals surface area (Å²) in [5.41, 5.74) is 1.30. The van der Waals surface area contributed by atoms with Crippen molar-refractivity contribution in [3.63, 3.8) is 0 Å². The van der Waals surface area contributed by atoms with Crippen LogP contribution in [-0.2, 0) is 16.8 Å². The number of halogens is 1. The molecule has 0 spiro atoms. The molecule has 1 aliphatic heterocycles. The van der Waals surface area contributed by atoms with Crippen LogP contribution in [0.5, 0.6) is 17.4 Å². The first-order chi connectivity index (χ1) is 18.1. The molecular weight excluding hydrogens is 481 g/mol. The summed E-state index contributed by atoms with van der Waals surface area (Å²) in [6.07, 6.45) is 3.56. The Hall–Kier alpha value is -3.45. The molecule has 0 saturated heterocycles. The Morgan fingerprint density at radius 2 is 1.89 bits per heavy atom. The molecule has 0 radical (unpaired) electrons. The second-order valence-electron chi connectivity index (χ2n) is 11.5. The fraction of sp³-hybridized carbons (Fsp3) is 0.419. The zero-order valence-electron chi connectivity index (χ0n) is 22.8. The maximum atomic E-state index is 13.8. The lowest BCUT2D eigenvalue weighted by atomic mass is 9.84. The van der Waals surface area contributed by atoms with Crippen molar-refractivity contribution in [2.75, 3.05) is 26.2 Å². The Labute approximate surface area is 225 Å². The summed E-state index contributed by atoms with van der Waals surface area (Å²) in [7, 11) is 0. The monoisotopic (exact) mass is 519 g/mol. The van der Waals surface area contributed by atoms with Crippen LogP contribution in [0.25, 0.3) is 0 Å². The van der Waals surface area contributed by atoms with E-state index in [0.717, 1.165) is 30.5 Å². The third kappa shape index (κ3) is 7.54. The number of hydrogen-bond donors (Lipinski definition) is 1. The highest BCUT2D eigenvalue weighted by Gasteiger charge is 2.25. The van der Waals surface area contributed by atoms with E-state index >= 15 is 0 Å². The van der Waals surface area contributed by atoms with Crippen molar-refractivity contribution in [3.05, 3.63) is 83.8 Å². The number of hydrogen-bond acceptors (Lipinski definition) is 5. The molecule has 3 aromatic rings. The molecule has 1 aliphatic rings. The first-order valence-corrected chi connectivity index (χ1v) is 13.2. The van der Waals surface area contributed by atoms with Crippen molar-refractivity contribution in [2.24, 2.45) is 5.41 Å². The van der Waals surface area contributed by atoms with Crippen LogP contribution in [-0.4, -0.2) is 42.0 Å². The summed E-state index contributed by atoms with van der Waals surface area (Å²) in [6.45, 7) is 10.9. The van der Waals surface area contributed by atoms with Crippen molar-refractivity contribution in [1.29, 1.82) is 0 Å². The molecule has 0 saturated carbocycles. The number of carbonyl (C=O) groups excluding carboxylic acids is 1. The average molecular weight is 520 g/mol. The third-order valence-corrected chi connectivity index (χ3v) is 6.95. The average Bonchev–Trinajstić information content (AvgIpc) is 2.88. The lowest BCUT2D eigenvalue weighted by molar-refractivity contribution is -0.122. The molecule has 0 unspecified atom stereocenters. The lowest BCUT2D eigenvalue weighted by Gasteiger charge is -2.28. The van der Waals surface area contributed by atoms with Gasteiger partial charge in [-0.1, -0.05) is 58.0 Å². The van der Waals surface area contributed by atoms with Gasteiger partial charge in [0, 0.05) is 30.3 Å². The Bertz CT molecular complexity index is 1240. The van der Waals surface area contributed by atoms with Crippen molar-refractivity contribution in [2.45, 2.75) is 52.5 Å². The second-order valence-corrected chi connectivity index (χ2v) is 11.5. The number of aromatic nitrogens is 1. The van der Waals surface area contributed by atoms with Crippen LogP contribution in [0.3, 0.4) is 0 Å². The van der Waals surface area contributed by atoms with Crippen LogP contribution in [0.1, 0.15) is 51.7 Å². The van der Waals surface area contributed by atoms with Gasteiger partial charge >= 0.3 is 0 Å². The zero-order chi connectivity index (χ0) is 27.2. The summed E-state index contributed by atoms with van der Waals surface area (Å²) in [5, 5.41) is 3.07. The van der Waals surface area contributed by atoms with Gasteiger partial charge in [0.25, 0.3) is 0 Å². The largest absolute Gasteiger partial charge is 0.489 e.